The molecule has 0 spiro atoms. The molecule has 0 saturated heterocycles. The normalized spacial score (nSPS) is 16.3. The highest BCUT2D eigenvalue weighted by molar-refractivity contribution is 7.91. The quantitative estimate of drug-likeness (QED) is 0.348. The number of sulfonamides is 1. The van der Waals surface area contributed by atoms with Crippen LogP contribution in [0.15, 0.2) is 64.4 Å². The summed E-state index contributed by atoms with van der Waals surface area (Å²) in [4.78, 5) is 8.97. The number of fused-ring (bicyclic) bond motifs is 1. The molecule has 2 heterocycles. The van der Waals surface area contributed by atoms with Crippen molar-refractivity contribution in [2.75, 3.05) is 5.32 Å². The molecule has 6 rings (SSSR count). The summed E-state index contributed by atoms with van der Waals surface area (Å²) in [6.45, 7) is 2.47. The number of hydrogen-bond donors (Lipinski definition) is 1. The van der Waals surface area contributed by atoms with Gasteiger partial charge in [-0.1, -0.05) is 24.3 Å². The van der Waals surface area contributed by atoms with Crippen LogP contribution < -0.4 is 5.32 Å². The molecule has 6 nitrogen and oxygen atoms in total. The van der Waals surface area contributed by atoms with Crippen LogP contribution >= 0.6 is 11.3 Å². The Morgan fingerprint density at radius 3 is 2.65 bits per heavy atom. The highest BCUT2D eigenvalue weighted by atomic mass is 32.2. The molecule has 0 radical (unpaired) electrons. The summed E-state index contributed by atoms with van der Waals surface area (Å²) in [6, 6.07) is 16.6. The van der Waals surface area contributed by atoms with E-state index in [1.165, 1.54) is 24.2 Å². The molecule has 0 atom stereocenters. The number of aryl methyl sites for hydroxylation is 1. The lowest BCUT2D eigenvalue weighted by molar-refractivity contribution is 0.400. The predicted molar refractivity (Wildman–Crippen MR) is 136 cm³/mol. The first-order valence-corrected chi connectivity index (χ1v) is 14.0. The van der Waals surface area contributed by atoms with Crippen LogP contribution in [0, 0.1) is 6.92 Å². The van der Waals surface area contributed by atoms with E-state index in [-0.39, 0.29) is 6.04 Å². The van der Waals surface area contributed by atoms with Gasteiger partial charge in [0.15, 0.2) is 0 Å². The van der Waals surface area contributed by atoms with Crippen LogP contribution in [0.25, 0.3) is 22.0 Å². The lowest BCUT2D eigenvalue weighted by Crippen LogP contribution is -2.32. The Hall–Kier alpha value is -2.81. The SMILES string of the molecule is Cc1cc2ncnc(NC3CC3)c2cc1-c1cccc(CN(C2CC2)S(=O)(=O)c2cccs2)c1. The van der Waals surface area contributed by atoms with Crippen molar-refractivity contribution >= 4 is 38.1 Å². The topological polar surface area (TPSA) is 75.2 Å². The summed E-state index contributed by atoms with van der Waals surface area (Å²) < 4.78 is 28.7. The second-order valence-corrected chi connectivity index (χ2v) is 12.3. The van der Waals surface area contributed by atoms with Crippen molar-refractivity contribution in [1.29, 1.82) is 0 Å². The van der Waals surface area contributed by atoms with Crippen molar-refractivity contribution in [2.24, 2.45) is 0 Å². The number of nitrogens with one attached hydrogen (secondary N) is 1. The van der Waals surface area contributed by atoms with Gasteiger partial charge in [-0.05, 0) is 84.5 Å². The molecule has 174 valence electrons. The van der Waals surface area contributed by atoms with Crippen molar-refractivity contribution in [2.45, 2.75) is 55.4 Å². The number of nitrogens with zero attached hydrogens (tertiary/aromatic N) is 3. The number of thiophene rings is 1. The Bertz CT molecular complexity index is 1460. The smallest absolute Gasteiger partial charge is 0.253 e. The standard InChI is InChI=1S/C26H26N4O2S2/c1-17-12-24-23(26(28-16-27-24)29-20-7-8-20)14-22(17)19-5-2-4-18(13-19)15-30(21-9-10-21)34(31,32)25-6-3-11-33-25/h2-6,11-14,16,20-21H,7-10,15H2,1H3,(H,27,28,29). The molecule has 0 amide bonds. The summed E-state index contributed by atoms with van der Waals surface area (Å²) in [5.41, 5.74) is 5.23. The molecular formula is C26H26N4O2S2. The molecule has 0 aliphatic heterocycles. The Labute approximate surface area is 203 Å². The molecule has 2 aromatic heterocycles. The molecule has 2 fully saturated rings. The number of anilines is 1. The van der Waals surface area contributed by atoms with Crippen LogP contribution in [-0.2, 0) is 16.6 Å². The third-order valence-corrected chi connectivity index (χ3v) is 9.76. The van der Waals surface area contributed by atoms with E-state index in [4.69, 9.17) is 0 Å². The van der Waals surface area contributed by atoms with E-state index in [2.05, 4.69) is 46.5 Å². The van der Waals surface area contributed by atoms with Gasteiger partial charge in [-0.2, -0.15) is 4.31 Å². The van der Waals surface area contributed by atoms with E-state index >= 15 is 0 Å². The summed E-state index contributed by atoms with van der Waals surface area (Å²) in [6.07, 6.45) is 5.82. The van der Waals surface area contributed by atoms with Crippen LogP contribution in [0.1, 0.15) is 36.8 Å². The van der Waals surface area contributed by atoms with Gasteiger partial charge in [-0.3, -0.25) is 0 Å². The summed E-state index contributed by atoms with van der Waals surface area (Å²) in [5, 5.41) is 6.35. The summed E-state index contributed by atoms with van der Waals surface area (Å²) >= 11 is 1.28. The first-order valence-electron chi connectivity index (χ1n) is 11.7. The van der Waals surface area contributed by atoms with Crippen molar-refractivity contribution in [1.82, 2.24) is 14.3 Å². The predicted octanol–water partition coefficient (Wildman–Crippen LogP) is 5.59. The highest BCUT2D eigenvalue weighted by Crippen LogP contribution is 2.36. The van der Waals surface area contributed by atoms with Crippen molar-refractivity contribution in [3.63, 3.8) is 0 Å². The van der Waals surface area contributed by atoms with Gasteiger partial charge >= 0.3 is 0 Å². The Kier molecular flexibility index (Phi) is 5.39. The number of aromatic nitrogens is 2. The van der Waals surface area contributed by atoms with Crippen molar-refractivity contribution < 1.29 is 8.42 Å². The van der Waals surface area contributed by atoms with E-state index in [1.54, 1.807) is 22.8 Å². The molecule has 0 bridgehead atoms. The van der Waals surface area contributed by atoms with Crippen molar-refractivity contribution in [3.8, 4) is 11.1 Å². The van der Waals surface area contributed by atoms with E-state index < -0.39 is 10.0 Å². The Balaban J connectivity index is 1.35. The lowest BCUT2D eigenvalue weighted by Gasteiger charge is -2.21. The first-order chi connectivity index (χ1) is 16.5. The maximum absolute atomic E-state index is 13.3. The van der Waals surface area contributed by atoms with Gasteiger partial charge in [0.1, 0.15) is 16.4 Å². The van der Waals surface area contributed by atoms with Gasteiger partial charge < -0.3 is 5.32 Å². The number of hydrogen-bond acceptors (Lipinski definition) is 6. The Morgan fingerprint density at radius 1 is 1.06 bits per heavy atom. The molecule has 34 heavy (non-hydrogen) atoms. The zero-order valence-electron chi connectivity index (χ0n) is 18.9. The van der Waals surface area contributed by atoms with Gasteiger partial charge in [-0.25, -0.2) is 18.4 Å². The molecule has 2 saturated carbocycles. The zero-order valence-corrected chi connectivity index (χ0v) is 20.6. The zero-order chi connectivity index (χ0) is 23.3. The minimum absolute atomic E-state index is 0.0892. The lowest BCUT2D eigenvalue weighted by atomic mass is 9.97. The minimum atomic E-state index is -3.49. The van der Waals surface area contributed by atoms with E-state index in [1.807, 2.05) is 17.5 Å². The fraction of sp³-hybridized carbons (Fsp3) is 0.308. The van der Waals surface area contributed by atoms with Crippen LogP contribution in [0.2, 0.25) is 0 Å². The largest absolute Gasteiger partial charge is 0.367 e. The molecule has 0 unspecified atom stereocenters. The molecule has 2 aliphatic rings. The van der Waals surface area contributed by atoms with Gasteiger partial charge in [0, 0.05) is 24.0 Å². The molecule has 4 aromatic rings. The summed E-state index contributed by atoms with van der Waals surface area (Å²) in [5.74, 6) is 0.881. The Morgan fingerprint density at radius 2 is 1.91 bits per heavy atom. The highest BCUT2D eigenvalue weighted by Gasteiger charge is 2.38. The van der Waals surface area contributed by atoms with Crippen LogP contribution in [0.4, 0.5) is 5.82 Å². The molecule has 8 heteroatoms. The average Bonchev–Trinajstić information content (AvgIpc) is 3.76. The fourth-order valence-electron chi connectivity index (χ4n) is 4.37. The van der Waals surface area contributed by atoms with Gasteiger partial charge in [0.2, 0.25) is 0 Å². The van der Waals surface area contributed by atoms with E-state index in [0.717, 1.165) is 51.8 Å². The van der Waals surface area contributed by atoms with Gasteiger partial charge in [0.25, 0.3) is 10.0 Å². The number of rotatable bonds is 8. The van der Waals surface area contributed by atoms with Crippen LogP contribution in [0.5, 0.6) is 0 Å². The summed E-state index contributed by atoms with van der Waals surface area (Å²) in [7, 11) is -3.49. The first kappa shape index (κ1) is 21.7. The third-order valence-electron chi connectivity index (χ3n) is 6.49. The maximum Gasteiger partial charge on any atom is 0.253 e. The molecule has 2 aromatic carbocycles. The fourth-order valence-corrected chi connectivity index (χ4v) is 7.16. The third kappa shape index (κ3) is 4.21. The monoisotopic (exact) mass is 490 g/mol. The number of benzene rings is 2. The van der Waals surface area contributed by atoms with Gasteiger partial charge in [-0.15, -0.1) is 11.3 Å². The van der Waals surface area contributed by atoms with E-state index in [9.17, 15) is 8.42 Å². The second kappa shape index (κ2) is 8.45. The van der Waals surface area contributed by atoms with Crippen LogP contribution in [0.3, 0.4) is 0 Å². The minimum Gasteiger partial charge on any atom is -0.367 e. The molecule has 2 aliphatic carbocycles. The molecular weight excluding hydrogens is 464 g/mol. The molecule has 1 N–H and O–H groups in total. The van der Waals surface area contributed by atoms with Crippen molar-refractivity contribution in [3.05, 3.63) is 71.4 Å². The maximum atomic E-state index is 13.3. The van der Waals surface area contributed by atoms with Gasteiger partial charge in [0.05, 0.1) is 5.52 Å². The van der Waals surface area contributed by atoms with E-state index in [0.29, 0.717) is 16.8 Å². The average molecular weight is 491 g/mol. The second-order valence-electron chi connectivity index (χ2n) is 9.24. The van der Waals surface area contributed by atoms with Crippen LogP contribution in [-0.4, -0.2) is 34.8 Å².